The van der Waals surface area contributed by atoms with Crippen molar-refractivity contribution < 1.29 is 9.18 Å². The molecule has 0 radical (unpaired) electrons. The lowest BCUT2D eigenvalue weighted by Crippen LogP contribution is -2.22. The van der Waals surface area contributed by atoms with Crippen LogP contribution in [0.15, 0.2) is 60.8 Å². The highest BCUT2D eigenvalue weighted by molar-refractivity contribution is 7.15. The van der Waals surface area contributed by atoms with Gasteiger partial charge in [-0.15, -0.1) is 11.3 Å². The molecule has 0 spiro atoms. The molecule has 0 atom stereocenters. The monoisotopic (exact) mass is 425 g/mol. The van der Waals surface area contributed by atoms with Crippen LogP contribution in [0.25, 0.3) is 21.7 Å². The third-order valence-electron chi connectivity index (χ3n) is 4.51. The van der Waals surface area contributed by atoms with Crippen LogP contribution in [0.1, 0.15) is 21.1 Å². The predicted octanol–water partition coefficient (Wildman–Crippen LogP) is 5.84. The molecular weight excluding hydrogens is 409 g/mol. The first-order valence-electron chi connectivity index (χ1n) is 8.95. The van der Waals surface area contributed by atoms with E-state index >= 15 is 0 Å². The standard InChI is InChI=1S/C22H17ClFN3OS/c1-13-20(29-22(27-13)17-4-2-3-5-18(17)23)12-26-21(28)19-10-15(11-25-19)14-6-8-16(24)9-7-14/h2-11,25H,12H2,1H3,(H,26,28). The Morgan fingerprint density at radius 1 is 1.17 bits per heavy atom. The summed E-state index contributed by atoms with van der Waals surface area (Å²) in [6.45, 7) is 2.29. The molecule has 2 heterocycles. The number of benzene rings is 2. The van der Waals surface area contributed by atoms with Crippen molar-refractivity contribution in [2.75, 3.05) is 0 Å². The summed E-state index contributed by atoms with van der Waals surface area (Å²) < 4.78 is 13.1. The van der Waals surface area contributed by atoms with Crippen molar-refractivity contribution in [3.05, 3.63) is 87.9 Å². The molecule has 0 aliphatic heterocycles. The van der Waals surface area contributed by atoms with Gasteiger partial charge in [0.15, 0.2) is 0 Å². The van der Waals surface area contributed by atoms with Gasteiger partial charge in [0.25, 0.3) is 5.91 Å². The summed E-state index contributed by atoms with van der Waals surface area (Å²) in [6, 6.07) is 15.5. The molecule has 0 fully saturated rings. The molecule has 4 nitrogen and oxygen atoms in total. The van der Waals surface area contributed by atoms with Crippen molar-refractivity contribution >= 4 is 28.8 Å². The van der Waals surface area contributed by atoms with Crippen molar-refractivity contribution in [2.45, 2.75) is 13.5 Å². The molecule has 7 heteroatoms. The normalized spacial score (nSPS) is 10.9. The minimum atomic E-state index is -0.293. The summed E-state index contributed by atoms with van der Waals surface area (Å²) >= 11 is 7.77. The number of hydrogen-bond donors (Lipinski definition) is 2. The second kappa shape index (κ2) is 8.19. The molecule has 0 saturated carbocycles. The summed E-state index contributed by atoms with van der Waals surface area (Å²) in [7, 11) is 0. The van der Waals surface area contributed by atoms with Crippen LogP contribution in [0.3, 0.4) is 0 Å². The lowest BCUT2D eigenvalue weighted by Gasteiger charge is -2.02. The van der Waals surface area contributed by atoms with E-state index in [1.807, 2.05) is 31.2 Å². The molecule has 2 aromatic carbocycles. The van der Waals surface area contributed by atoms with Gasteiger partial charge in [0.2, 0.25) is 0 Å². The number of amides is 1. The number of thiazole rings is 1. The van der Waals surface area contributed by atoms with Crippen molar-refractivity contribution in [1.82, 2.24) is 15.3 Å². The average Bonchev–Trinajstić information content (AvgIpc) is 3.34. The zero-order valence-electron chi connectivity index (χ0n) is 15.5. The molecule has 0 aliphatic rings. The molecule has 1 amide bonds. The molecule has 4 rings (SSSR count). The highest BCUT2D eigenvalue weighted by Crippen LogP contribution is 2.32. The fourth-order valence-electron chi connectivity index (χ4n) is 2.93. The number of carbonyl (C=O) groups is 1. The van der Waals surface area contributed by atoms with Crippen LogP contribution in [0, 0.1) is 12.7 Å². The third kappa shape index (κ3) is 4.23. The number of nitrogens with zero attached hydrogens (tertiary/aromatic N) is 1. The van der Waals surface area contributed by atoms with Crippen LogP contribution in [0.5, 0.6) is 0 Å². The molecule has 0 bridgehead atoms. The zero-order chi connectivity index (χ0) is 20.4. The molecular formula is C22H17ClFN3OS. The van der Waals surface area contributed by atoms with Gasteiger partial charge in [-0.1, -0.05) is 41.9 Å². The molecule has 0 aliphatic carbocycles. The number of aromatic nitrogens is 2. The Morgan fingerprint density at radius 2 is 1.93 bits per heavy atom. The fourth-order valence-corrected chi connectivity index (χ4v) is 4.25. The SMILES string of the molecule is Cc1nc(-c2ccccc2Cl)sc1CNC(=O)c1cc(-c2ccc(F)cc2)c[nH]1. The Hall–Kier alpha value is -2.96. The van der Waals surface area contributed by atoms with Crippen LogP contribution in [0.2, 0.25) is 5.02 Å². The van der Waals surface area contributed by atoms with Crippen molar-refractivity contribution in [2.24, 2.45) is 0 Å². The largest absolute Gasteiger partial charge is 0.357 e. The second-order valence-electron chi connectivity index (χ2n) is 6.50. The number of carbonyl (C=O) groups excluding carboxylic acids is 1. The van der Waals surface area contributed by atoms with Gasteiger partial charge in [-0.3, -0.25) is 4.79 Å². The zero-order valence-corrected chi connectivity index (χ0v) is 17.1. The maximum atomic E-state index is 13.1. The van der Waals surface area contributed by atoms with Gasteiger partial charge in [-0.25, -0.2) is 9.37 Å². The third-order valence-corrected chi connectivity index (χ3v) is 6.03. The van der Waals surface area contributed by atoms with E-state index in [4.69, 9.17) is 11.6 Å². The number of hydrogen-bond acceptors (Lipinski definition) is 3. The van der Waals surface area contributed by atoms with E-state index < -0.39 is 0 Å². The lowest BCUT2D eigenvalue weighted by molar-refractivity contribution is 0.0947. The molecule has 2 N–H and O–H groups in total. The maximum Gasteiger partial charge on any atom is 0.268 e. The van der Waals surface area contributed by atoms with E-state index in [9.17, 15) is 9.18 Å². The van der Waals surface area contributed by atoms with E-state index in [1.54, 1.807) is 24.4 Å². The summed E-state index contributed by atoms with van der Waals surface area (Å²) in [5, 5.41) is 4.40. The number of halogens is 2. The predicted molar refractivity (Wildman–Crippen MR) is 115 cm³/mol. The highest BCUT2D eigenvalue weighted by Gasteiger charge is 2.14. The number of H-pyrrole nitrogens is 1. The maximum absolute atomic E-state index is 13.1. The molecule has 0 unspecified atom stereocenters. The summed E-state index contributed by atoms with van der Waals surface area (Å²) in [5.41, 5.74) is 3.85. The number of aromatic amines is 1. The molecule has 146 valence electrons. The first-order chi connectivity index (χ1) is 14.0. The Labute approximate surface area is 176 Å². The van der Waals surface area contributed by atoms with Crippen molar-refractivity contribution in [1.29, 1.82) is 0 Å². The van der Waals surface area contributed by atoms with Gasteiger partial charge < -0.3 is 10.3 Å². The van der Waals surface area contributed by atoms with Crippen LogP contribution in [-0.4, -0.2) is 15.9 Å². The van der Waals surface area contributed by atoms with Crippen molar-refractivity contribution in [3.63, 3.8) is 0 Å². The summed E-state index contributed by atoms with van der Waals surface area (Å²) in [6.07, 6.45) is 1.73. The van der Waals surface area contributed by atoms with Gasteiger partial charge in [0.1, 0.15) is 16.5 Å². The Balaban J connectivity index is 1.45. The topological polar surface area (TPSA) is 57.8 Å². The van der Waals surface area contributed by atoms with E-state index in [0.717, 1.165) is 32.3 Å². The average molecular weight is 426 g/mol. The number of rotatable bonds is 5. The number of aryl methyl sites for hydroxylation is 1. The van der Waals surface area contributed by atoms with Crippen LogP contribution in [0.4, 0.5) is 4.39 Å². The van der Waals surface area contributed by atoms with Gasteiger partial charge in [-0.05, 0) is 42.3 Å². The Kier molecular flexibility index (Phi) is 5.47. The van der Waals surface area contributed by atoms with E-state index in [-0.39, 0.29) is 11.7 Å². The van der Waals surface area contributed by atoms with Gasteiger partial charge in [0, 0.05) is 16.6 Å². The molecule has 4 aromatic rings. The Morgan fingerprint density at radius 3 is 2.69 bits per heavy atom. The van der Waals surface area contributed by atoms with Crippen LogP contribution < -0.4 is 5.32 Å². The smallest absolute Gasteiger partial charge is 0.268 e. The van der Waals surface area contributed by atoms with Crippen LogP contribution >= 0.6 is 22.9 Å². The van der Waals surface area contributed by atoms with Crippen molar-refractivity contribution in [3.8, 4) is 21.7 Å². The first kappa shape index (κ1) is 19.4. The lowest BCUT2D eigenvalue weighted by atomic mass is 10.1. The van der Waals surface area contributed by atoms with Crippen LogP contribution in [-0.2, 0) is 6.54 Å². The molecule has 29 heavy (non-hydrogen) atoms. The molecule has 0 saturated heterocycles. The molecule has 2 aromatic heterocycles. The van der Waals surface area contributed by atoms with E-state index in [1.165, 1.54) is 23.5 Å². The fraction of sp³-hybridized carbons (Fsp3) is 0.0909. The van der Waals surface area contributed by atoms with E-state index in [2.05, 4.69) is 15.3 Å². The quantitative estimate of drug-likeness (QED) is 0.422. The van der Waals surface area contributed by atoms with Gasteiger partial charge in [0.05, 0.1) is 17.3 Å². The summed E-state index contributed by atoms with van der Waals surface area (Å²) in [4.78, 5) is 21.1. The summed E-state index contributed by atoms with van der Waals surface area (Å²) in [5.74, 6) is -0.510. The number of nitrogens with one attached hydrogen (secondary N) is 2. The van der Waals surface area contributed by atoms with Gasteiger partial charge >= 0.3 is 0 Å². The van der Waals surface area contributed by atoms with E-state index in [0.29, 0.717) is 17.3 Å². The minimum Gasteiger partial charge on any atom is -0.357 e. The Bertz CT molecular complexity index is 1170. The van der Waals surface area contributed by atoms with Gasteiger partial charge in [-0.2, -0.15) is 0 Å². The minimum absolute atomic E-state index is 0.217. The second-order valence-corrected chi connectivity index (χ2v) is 7.99. The first-order valence-corrected chi connectivity index (χ1v) is 10.1. The highest BCUT2D eigenvalue weighted by atomic mass is 35.5.